The van der Waals surface area contributed by atoms with Crippen molar-refractivity contribution in [2.75, 3.05) is 17.7 Å². The van der Waals surface area contributed by atoms with Crippen molar-refractivity contribution in [3.05, 3.63) is 39.7 Å². The van der Waals surface area contributed by atoms with Crippen LogP contribution >= 0.6 is 22.6 Å². The molecule has 0 aliphatic rings. The molecule has 0 fully saturated rings. The van der Waals surface area contributed by atoms with Gasteiger partial charge in [0, 0.05) is 3.57 Å². The van der Waals surface area contributed by atoms with Crippen LogP contribution in [-0.2, 0) is 0 Å². The van der Waals surface area contributed by atoms with Crippen molar-refractivity contribution in [3.63, 3.8) is 0 Å². The Balaban J connectivity index is 2.25. The number of hydrogen-bond acceptors (Lipinski definition) is 4. The summed E-state index contributed by atoms with van der Waals surface area (Å²) in [6.45, 7) is 2.36. The van der Waals surface area contributed by atoms with E-state index in [-0.39, 0.29) is 5.82 Å². The molecule has 2 aromatic rings. The van der Waals surface area contributed by atoms with Gasteiger partial charge < -0.3 is 15.8 Å². The third-order valence-corrected chi connectivity index (χ3v) is 3.26. The number of benzene rings is 1. The molecule has 1 aromatic carbocycles. The fraction of sp³-hybridized carbons (Fsp3) is 0.154. The Kier molecular flexibility index (Phi) is 4.41. The predicted molar refractivity (Wildman–Crippen MR) is 82.2 cm³/mol. The van der Waals surface area contributed by atoms with Gasteiger partial charge in [0.15, 0.2) is 0 Å². The van der Waals surface area contributed by atoms with Crippen molar-refractivity contribution in [3.8, 4) is 5.88 Å². The molecule has 0 saturated heterocycles. The van der Waals surface area contributed by atoms with Gasteiger partial charge in [0.2, 0.25) is 5.88 Å². The van der Waals surface area contributed by atoms with Gasteiger partial charge in [0.1, 0.15) is 11.6 Å². The van der Waals surface area contributed by atoms with E-state index in [0.717, 1.165) is 9.26 Å². The monoisotopic (exact) mass is 373 g/mol. The molecule has 100 valence electrons. The largest absolute Gasteiger partial charge is 0.476 e. The number of nitrogen functional groups attached to an aromatic ring is 1. The van der Waals surface area contributed by atoms with Crippen LogP contribution < -0.4 is 15.8 Å². The lowest BCUT2D eigenvalue weighted by molar-refractivity contribution is 0.329. The first-order chi connectivity index (χ1) is 9.10. The van der Waals surface area contributed by atoms with E-state index in [1.54, 1.807) is 18.2 Å². The van der Waals surface area contributed by atoms with Crippen LogP contribution in [0.25, 0.3) is 0 Å². The first-order valence-electron chi connectivity index (χ1n) is 5.71. The van der Waals surface area contributed by atoms with Gasteiger partial charge in [-0.05, 0) is 59.8 Å². The van der Waals surface area contributed by atoms with Crippen molar-refractivity contribution in [1.29, 1.82) is 0 Å². The normalized spacial score (nSPS) is 10.3. The second kappa shape index (κ2) is 6.05. The Morgan fingerprint density at radius 2 is 2.16 bits per heavy atom. The molecule has 3 N–H and O–H groups in total. The summed E-state index contributed by atoms with van der Waals surface area (Å²) in [7, 11) is 0. The van der Waals surface area contributed by atoms with Gasteiger partial charge in [0.25, 0.3) is 0 Å². The van der Waals surface area contributed by atoms with Crippen LogP contribution in [0.4, 0.5) is 21.6 Å². The minimum absolute atomic E-state index is 0.268. The van der Waals surface area contributed by atoms with E-state index in [1.165, 1.54) is 12.1 Å². The molecule has 0 aliphatic heterocycles. The molecule has 1 heterocycles. The number of nitrogens with two attached hydrogens (primary N) is 1. The van der Waals surface area contributed by atoms with Gasteiger partial charge in [-0.25, -0.2) is 4.39 Å². The number of anilines is 3. The predicted octanol–water partition coefficient (Wildman–Crippen LogP) is 3.55. The first-order valence-corrected chi connectivity index (χ1v) is 6.79. The third-order valence-electron chi connectivity index (χ3n) is 2.36. The molecule has 2 rings (SSSR count). The molecule has 1 aromatic heterocycles. The highest BCUT2D eigenvalue weighted by Gasteiger charge is 2.06. The van der Waals surface area contributed by atoms with Crippen LogP contribution in [0.3, 0.4) is 0 Å². The number of halogens is 2. The van der Waals surface area contributed by atoms with Crippen molar-refractivity contribution in [2.45, 2.75) is 6.92 Å². The Morgan fingerprint density at radius 1 is 1.37 bits per heavy atom. The Hall–Kier alpha value is -1.57. The summed E-state index contributed by atoms with van der Waals surface area (Å²) in [5.74, 6) is 0.724. The lowest BCUT2D eigenvalue weighted by atomic mass is 10.3. The molecule has 19 heavy (non-hydrogen) atoms. The number of nitrogens with one attached hydrogen (secondary N) is 1. The van der Waals surface area contributed by atoms with E-state index in [4.69, 9.17) is 10.5 Å². The number of hydrogen-bond donors (Lipinski definition) is 2. The highest BCUT2D eigenvalue weighted by molar-refractivity contribution is 14.1. The zero-order valence-electron chi connectivity index (χ0n) is 10.3. The standard InChI is InChI=1S/C13H13FIN3O/c1-2-19-13-10(16)4-6-12(18-13)17-11-5-3-8(14)7-9(11)15/h3-7H,2,16H2,1H3,(H,17,18). The smallest absolute Gasteiger partial charge is 0.239 e. The molecular weight excluding hydrogens is 360 g/mol. The zero-order chi connectivity index (χ0) is 13.8. The molecule has 0 saturated carbocycles. The minimum Gasteiger partial charge on any atom is -0.476 e. The summed E-state index contributed by atoms with van der Waals surface area (Å²) in [5.41, 5.74) is 7.02. The van der Waals surface area contributed by atoms with Crippen molar-refractivity contribution in [1.82, 2.24) is 4.98 Å². The maximum Gasteiger partial charge on any atom is 0.239 e. The molecule has 0 amide bonds. The Bertz CT molecular complexity index is 592. The Labute approximate surface area is 124 Å². The summed E-state index contributed by atoms with van der Waals surface area (Å²) < 4.78 is 19.1. The van der Waals surface area contributed by atoms with Crippen molar-refractivity contribution < 1.29 is 9.13 Å². The fourth-order valence-corrected chi connectivity index (χ4v) is 2.11. The van der Waals surface area contributed by atoms with Gasteiger partial charge in [-0.15, -0.1) is 0 Å². The first kappa shape index (κ1) is 13.9. The number of pyridine rings is 1. The fourth-order valence-electron chi connectivity index (χ4n) is 1.50. The second-order valence-electron chi connectivity index (χ2n) is 3.77. The number of nitrogens with zero attached hydrogens (tertiary/aromatic N) is 1. The van der Waals surface area contributed by atoms with Crippen LogP contribution in [0.5, 0.6) is 5.88 Å². The van der Waals surface area contributed by atoms with Crippen molar-refractivity contribution in [2.24, 2.45) is 0 Å². The molecule has 0 radical (unpaired) electrons. The molecular formula is C13H13FIN3O. The Morgan fingerprint density at radius 3 is 2.84 bits per heavy atom. The van der Waals surface area contributed by atoms with Crippen LogP contribution in [-0.4, -0.2) is 11.6 Å². The van der Waals surface area contributed by atoms with Crippen LogP contribution in [0.15, 0.2) is 30.3 Å². The lowest BCUT2D eigenvalue weighted by Gasteiger charge is -2.11. The van der Waals surface area contributed by atoms with E-state index in [2.05, 4.69) is 32.9 Å². The summed E-state index contributed by atoms with van der Waals surface area (Å²) in [4.78, 5) is 4.27. The van der Waals surface area contributed by atoms with E-state index in [1.807, 2.05) is 6.92 Å². The molecule has 0 aliphatic carbocycles. The minimum atomic E-state index is -0.268. The van der Waals surface area contributed by atoms with Gasteiger partial charge in [-0.1, -0.05) is 0 Å². The number of aromatic nitrogens is 1. The molecule has 0 spiro atoms. The second-order valence-corrected chi connectivity index (χ2v) is 4.94. The maximum atomic E-state index is 13.0. The van der Waals surface area contributed by atoms with E-state index in [9.17, 15) is 4.39 Å². The van der Waals surface area contributed by atoms with E-state index in [0.29, 0.717) is 24.0 Å². The van der Waals surface area contributed by atoms with Gasteiger partial charge in [-0.2, -0.15) is 4.98 Å². The summed E-state index contributed by atoms with van der Waals surface area (Å²) in [6, 6.07) is 7.97. The average molecular weight is 373 g/mol. The third kappa shape index (κ3) is 3.46. The highest BCUT2D eigenvalue weighted by Crippen LogP contribution is 2.26. The molecule has 0 atom stereocenters. The van der Waals surface area contributed by atoms with E-state index >= 15 is 0 Å². The molecule has 0 bridgehead atoms. The van der Waals surface area contributed by atoms with Crippen molar-refractivity contribution >= 4 is 39.8 Å². The maximum absolute atomic E-state index is 13.0. The molecule has 0 unspecified atom stereocenters. The van der Waals surface area contributed by atoms with Gasteiger partial charge in [-0.3, -0.25) is 0 Å². The molecule has 6 heteroatoms. The molecule has 4 nitrogen and oxygen atoms in total. The topological polar surface area (TPSA) is 60.2 Å². The van der Waals surface area contributed by atoms with E-state index < -0.39 is 0 Å². The number of rotatable bonds is 4. The summed E-state index contributed by atoms with van der Waals surface area (Å²) >= 11 is 2.06. The number of ether oxygens (including phenoxy) is 1. The van der Waals surface area contributed by atoms with Crippen LogP contribution in [0.2, 0.25) is 0 Å². The summed E-state index contributed by atoms with van der Waals surface area (Å²) in [5, 5.41) is 3.10. The highest BCUT2D eigenvalue weighted by atomic mass is 127. The average Bonchev–Trinajstić information content (AvgIpc) is 2.37. The summed E-state index contributed by atoms with van der Waals surface area (Å²) in [6.07, 6.45) is 0. The lowest BCUT2D eigenvalue weighted by Crippen LogP contribution is -2.02. The zero-order valence-corrected chi connectivity index (χ0v) is 12.4. The van der Waals surface area contributed by atoms with Gasteiger partial charge >= 0.3 is 0 Å². The van der Waals surface area contributed by atoms with Crippen LogP contribution in [0, 0.1) is 9.39 Å². The SMILES string of the molecule is CCOc1nc(Nc2ccc(F)cc2I)ccc1N. The van der Waals surface area contributed by atoms with Gasteiger partial charge in [0.05, 0.1) is 18.0 Å². The van der Waals surface area contributed by atoms with Crippen LogP contribution in [0.1, 0.15) is 6.92 Å². The quantitative estimate of drug-likeness (QED) is 0.805.